The van der Waals surface area contributed by atoms with Crippen LogP contribution in [0.5, 0.6) is 5.75 Å². The highest BCUT2D eigenvalue weighted by atomic mass is 16.5. The van der Waals surface area contributed by atoms with Crippen LogP contribution in [0.2, 0.25) is 0 Å². The van der Waals surface area contributed by atoms with Crippen LogP contribution < -0.4 is 10.1 Å². The van der Waals surface area contributed by atoms with Gasteiger partial charge in [0.25, 0.3) is 5.91 Å². The molecule has 0 saturated carbocycles. The highest BCUT2D eigenvalue weighted by molar-refractivity contribution is 5.94. The van der Waals surface area contributed by atoms with Gasteiger partial charge in [-0.2, -0.15) is 0 Å². The van der Waals surface area contributed by atoms with Gasteiger partial charge in [0.05, 0.1) is 7.11 Å². The second-order valence-electron chi connectivity index (χ2n) is 4.69. The molecular formula is C17H19NO2. The Morgan fingerprint density at radius 3 is 2.70 bits per heavy atom. The van der Waals surface area contributed by atoms with E-state index in [4.69, 9.17) is 4.74 Å². The van der Waals surface area contributed by atoms with E-state index in [1.54, 1.807) is 7.11 Å². The number of para-hydroxylation sites is 1. The molecule has 0 bridgehead atoms. The Kier molecular flexibility index (Phi) is 4.77. The minimum atomic E-state index is -0.0383. The van der Waals surface area contributed by atoms with Crippen molar-refractivity contribution in [1.29, 1.82) is 0 Å². The number of benzene rings is 2. The molecule has 0 aliphatic rings. The number of methoxy groups -OCH3 is 1. The zero-order valence-electron chi connectivity index (χ0n) is 11.8. The van der Waals surface area contributed by atoms with Crippen LogP contribution in [0.3, 0.4) is 0 Å². The van der Waals surface area contributed by atoms with Crippen LogP contribution in [0.1, 0.15) is 21.5 Å². The molecule has 1 N–H and O–H groups in total. The summed E-state index contributed by atoms with van der Waals surface area (Å²) in [5.41, 5.74) is 2.88. The van der Waals surface area contributed by atoms with E-state index in [-0.39, 0.29) is 5.91 Å². The number of carbonyl (C=O) groups excluding carboxylic acids is 1. The molecule has 0 fully saturated rings. The van der Waals surface area contributed by atoms with Crippen molar-refractivity contribution in [2.24, 2.45) is 0 Å². The molecule has 0 aromatic heterocycles. The maximum atomic E-state index is 12.0. The van der Waals surface area contributed by atoms with Gasteiger partial charge in [0, 0.05) is 12.1 Å². The van der Waals surface area contributed by atoms with Gasteiger partial charge in [0.15, 0.2) is 0 Å². The molecule has 0 aliphatic heterocycles. The predicted octanol–water partition coefficient (Wildman–Crippen LogP) is 2.98. The van der Waals surface area contributed by atoms with Crippen molar-refractivity contribution < 1.29 is 9.53 Å². The number of nitrogens with one attached hydrogen (secondary N) is 1. The zero-order valence-corrected chi connectivity index (χ0v) is 11.8. The summed E-state index contributed by atoms with van der Waals surface area (Å²) in [5, 5.41) is 2.93. The summed E-state index contributed by atoms with van der Waals surface area (Å²) >= 11 is 0. The van der Waals surface area contributed by atoms with Crippen LogP contribution in [-0.2, 0) is 6.42 Å². The Morgan fingerprint density at radius 1 is 1.15 bits per heavy atom. The minimum absolute atomic E-state index is 0.0383. The molecule has 0 radical (unpaired) electrons. The monoisotopic (exact) mass is 269 g/mol. The van der Waals surface area contributed by atoms with Crippen molar-refractivity contribution in [3.05, 3.63) is 65.2 Å². The predicted molar refractivity (Wildman–Crippen MR) is 80.2 cm³/mol. The SMILES string of the molecule is COc1ccccc1CCNC(=O)c1cccc(C)c1. The molecule has 104 valence electrons. The summed E-state index contributed by atoms with van der Waals surface area (Å²) < 4.78 is 5.29. The quantitative estimate of drug-likeness (QED) is 0.906. The van der Waals surface area contributed by atoms with E-state index < -0.39 is 0 Å². The number of amides is 1. The maximum absolute atomic E-state index is 12.0. The molecule has 0 spiro atoms. The number of hydrogen-bond acceptors (Lipinski definition) is 2. The Bertz CT molecular complexity index is 593. The zero-order chi connectivity index (χ0) is 14.4. The molecule has 0 unspecified atom stereocenters. The molecule has 2 rings (SSSR count). The van der Waals surface area contributed by atoms with Gasteiger partial charge < -0.3 is 10.1 Å². The lowest BCUT2D eigenvalue weighted by Crippen LogP contribution is -2.25. The molecule has 2 aromatic carbocycles. The molecule has 20 heavy (non-hydrogen) atoms. The fraction of sp³-hybridized carbons (Fsp3) is 0.235. The van der Waals surface area contributed by atoms with E-state index in [1.165, 1.54) is 0 Å². The van der Waals surface area contributed by atoms with Crippen molar-refractivity contribution in [2.45, 2.75) is 13.3 Å². The molecule has 1 amide bonds. The summed E-state index contributed by atoms with van der Waals surface area (Å²) in [5.74, 6) is 0.820. The summed E-state index contributed by atoms with van der Waals surface area (Å²) in [6.07, 6.45) is 0.752. The highest BCUT2D eigenvalue weighted by Gasteiger charge is 2.06. The minimum Gasteiger partial charge on any atom is -0.496 e. The van der Waals surface area contributed by atoms with Crippen LogP contribution in [0, 0.1) is 6.92 Å². The smallest absolute Gasteiger partial charge is 0.251 e. The third-order valence-electron chi connectivity index (χ3n) is 3.15. The van der Waals surface area contributed by atoms with E-state index >= 15 is 0 Å². The first kappa shape index (κ1) is 14.1. The standard InChI is InChI=1S/C17H19NO2/c1-13-6-5-8-15(12-13)17(19)18-11-10-14-7-3-4-9-16(14)20-2/h3-9,12H,10-11H2,1-2H3,(H,18,19). The highest BCUT2D eigenvalue weighted by Crippen LogP contribution is 2.17. The maximum Gasteiger partial charge on any atom is 0.251 e. The fourth-order valence-electron chi connectivity index (χ4n) is 2.11. The first-order chi connectivity index (χ1) is 9.70. The largest absolute Gasteiger partial charge is 0.496 e. The van der Waals surface area contributed by atoms with Crippen molar-refractivity contribution in [2.75, 3.05) is 13.7 Å². The van der Waals surface area contributed by atoms with Crippen molar-refractivity contribution in [3.8, 4) is 5.75 Å². The average molecular weight is 269 g/mol. The Morgan fingerprint density at radius 2 is 1.95 bits per heavy atom. The summed E-state index contributed by atoms with van der Waals surface area (Å²) in [6, 6.07) is 15.4. The number of ether oxygens (including phenoxy) is 1. The van der Waals surface area contributed by atoms with Gasteiger partial charge in [-0.1, -0.05) is 35.9 Å². The van der Waals surface area contributed by atoms with Gasteiger partial charge in [-0.25, -0.2) is 0 Å². The van der Waals surface area contributed by atoms with Gasteiger partial charge >= 0.3 is 0 Å². The molecule has 3 heteroatoms. The third kappa shape index (κ3) is 3.60. The Labute approximate surface area is 119 Å². The van der Waals surface area contributed by atoms with Crippen LogP contribution >= 0.6 is 0 Å². The third-order valence-corrected chi connectivity index (χ3v) is 3.15. The van der Waals surface area contributed by atoms with E-state index in [2.05, 4.69) is 5.32 Å². The van der Waals surface area contributed by atoms with E-state index in [0.717, 1.165) is 23.3 Å². The number of hydrogen-bond donors (Lipinski definition) is 1. The average Bonchev–Trinajstić information content (AvgIpc) is 2.47. The Balaban J connectivity index is 1.91. The number of carbonyl (C=O) groups is 1. The molecule has 0 aliphatic carbocycles. The first-order valence-corrected chi connectivity index (χ1v) is 6.67. The van der Waals surface area contributed by atoms with Crippen molar-refractivity contribution in [3.63, 3.8) is 0 Å². The lowest BCUT2D eigenvalue weighted by Gasteiger charge is -2.09. The normalized spacial score (nSPS) is 10.1. The molecule has 2 aromatic rings. The van der Waals surface area contributed by atoms with Crippen LogP contribution in [0.4, 0.5) is 0 Å². The summed E-state index contributed by atoms with van der Waals surface area (Å²) in [6.45, 7) is 2.57. The van der Waals surface area contributed by atoms with E-state index in [9.17, 15) is 4.79 Å². The lowest BCUT2D eigenvalue weighted by atomic mass is 10.1. The topological polar surface area (TPSA) is 38.3 Å². The van der Waals surface area contributed by atoms with E-state index in [1.807, 2.05) is 55.5 Å². The Hall–Kier alpha value is -2.29. The number of rotatable bonds is 5. The van der Waals surface area contributed by atoms with Gasteiger partial charge in [-0.15, -0.1) is 0 Å². The van der Waals surface area contributed by atoms with Crippen LogP contribution in [0.15, 0.2) is 48.5 Å². The van der Waals surface area contributed by atoms with Crippen molar-refractivity contribution in [1.82, 2.24) is 5.32 Å². The van der Waals surface area contributed by atoms with Crippen LogP contribution in [0.25, 0.3) is 0 Å². The second kappa shape index (κ2) is 6.75. The van der Waals surface area contributed by atoms with Gasteiger partial charge in [-0.05, 0) is 37.1 Å². The molecule has 0 atom stereocenters. The van der Waals surface area contributed by atoms with Crippen LogP contribution in [-0.4, -0.2) is 19.6 Å². The van der Waals surface area contributed by atoms with Gasteiger partial charge in [0.1, 0.15) is 5.75 Å². The fourth-order valence-corrected chi connectivity index (χ4v) is 2.11. The summed E-state index contributed by atoms with van der Waals surface area (Å²) in [4.78, 5) is 12.0. The van der Waals surface area contributed by atoms with Gasteiger partial charge in [0.2, 0.25) is 0 Å². The molecular weight excluding hydrogens is 250 g/mol. The second-order valence-corrected chi connectivity index (χ2v) is 4.69. The summed E-state index contributed by atoms with van der Waals surface area (Å²) in [7, 11) is 1.66. The molecule has 3 nitrogen and oxygen atoms in total. The number of aryl methyl sites for hydroxylation is 1. The first-order valence-electron chi connectivity index (χ1n) is 6.67. The van der Waals surface area contributed by atoms with E-state index in [0.29, 0.717) is 12.1 Å². The molecule has 0 heterocycles. The van der Waals surface area contributed by atoms with Gasteiger partial charge in [-0.3, -0.25) is 4.79 Å². The molecule has 0 saturated heterocycles. The lowest BCUT2D eigenvalue weighted by molar-refractivity contribution is 0.0954. The van der Waals surface area contributed by atoms with Crippen molar-refractivity contribution >= 4 is 5.91 Å².